The van der Waals surface area contributed by atoms with Gasteiger partial charge in [0.15, 0.2) is 5.65 Å². The quantitative estimate of drug-likeness (QED) is 0.389. The normalized spacial score (nSPS) is 12.4. The van der Waals surface area contributed by atoms with Crippen molar-refractivity contribution in [1.82, 2.24) is 19.9 Å². The molecule has 8 heteroatoms. The molecule has 0 amide bonds. The van der Waals surface area contributed by atoms with Gasteiger partial charge < -0.3 is 10.3 Å². The highest BCUT2D eigenvalue weighted by molar-refractivity contribution is 5.87. The first-order valence-electron chi connectivity index (χ1n) is 9.60. The van der Waals surface area contributed by atoms with Crippen LogP contribution in [0.1, 0.15) is 18.5 Å². The van der Waals surface area contributed by atoms with E-state index >= 15 is 0 Å². The van der Waals surface area contributed by atoms with Gasteiger partial charge in [0.2, 0.25) is 0 Å². The lowest BCUT2D eigenvalue weighted by molar-refractivity contribution is 0.602. The smallest absolute Gasteiger partial charge is 0.179 e. The van der Waals surface area contributed by atoms with Gasteiger partial charge in [0, 0.05) is 22.7 Å². The molecule has 0 aliphatic carbocycles. The van der Waals surface area contributed by atoms with E-state index in [4.69, 9.17) is 0 Å². The fourth-order valence-corrected chi connectivity index (χ4v) is 3.68. The summed E-state index contributed by atoms with van der Waals surface area (Å²) >= 11 is 0. The lowest BCUT2D eigenvalue weighted by Crippen LogP contribution is -2.10. The number of nitrogens with zero attached hydrogens (tertiary/aromatic N) is 3. The number of H-pyrrole nitrogens is 1. The molecule has 0 spiro atoms. The molecule has 154 valence electrons. The minimum absolute atomic E-state index is 0.0322. The first kappa shape index (κ1) is 19.0. The van der Waals surface area contributed by atoms with Gasteiger partial charge in [-0.15, -0.1) is 0 Å². The third kappa shape index (κ3) is 3.35. The zero-order valence-corrected chi connectivity index (χ0v) is 16.3. The molecular formula is C23H16F3N5. The Morgan fingerprint density at radius 1 is 0.968 bits per heavy atom. The Balaban J connectivity index is 1.69. The number of pyridine rings is 2. The number of imidazole rings is 1. The van der Waals surface area contributed by atoms with Gasteiger partial charge in [0.05, 0.1) is 23.8 Å². The van der Waals surface area contributed by atoms with Crippen molar-refractivity contribution >= 4 is 27.8 Å². The lowest BCUT2D eigenvalue weighted by atomic mass is 9.97. The molecule has 0 aliphatic heterocycles. The Morgan fingerprint density at radius 2 is 1.84 bits per heavy atom. The van der Waals surface area contributed by atoms with E-state index in [0.717, 1.165) is 23.9 Å². The van der Waals surface area contributed by atoms with Crippen molar-refractivity contribution in [2.75, 3.05) is 5.32 Å². The van der Waals surface area contributed by atoms with Crippen LogP contribution in [0, 0.1) is 17.5 Å². The molecule has 5 aromatic rings. The van der Waals surface area contributed by atoms with Gasteiger partial charge in [0.1, 0.15) is 28.5 Å². The van der Waals surface area contributed by atoms with Crippen LogP contribution >= 0.6 is 0 Å². The molecule has 2 N–H and O–H groups in total. The Morgan fingerprint density at radius 3 is 2.71 bits per heavy atom. The first-order valence-corrected chi connectivity index (χ1v) is 9.60. The molecule has 0 unspecified atom stereocenters. The van der Waals surface area contributed by atoms with Gasteiger partial charge in [-0.2, -0.15) is 0 Å². The molecule has 5 rings (SSSR count). The predicted molar refractivity (Wildman–Crippen MR) is 113 cm³/mol. The molecule has 31 heavy (non-hydrogen) atoms. The van der Waals surface area contributed by atoms with Crippen molar-refractivity contribution < 1.29 is 13.2 Å². The molecular weight excluding hydrogens is 403 g/mol. The van der Waals surface area contributed by atoms with Crippen LogP contribution in [0.2, 0.25) is 0 Å². The standard InChI is InChI=1S/C23H16F3N5/c1-12(30-19-7-8-27-23-22(19)28-11-29-23)15-9-13-3-2-4-18(26)20(13)31-21(15)16-10-14(24)5-6-17(16)25/h2-12H,1H3,(H2,27,28,29,30)/t12-/m0/s1. The molecule has 0 radical (unpaired) electrons. The van der Waals surface area contributed by atoms with Gasteiger partial charge >= 0.3 is 0 Å². The van der Waals surface area contributed by atoms with E-state index in [1.54, 1.807) is 36.8 Å². The molecule has 5 nitrogen and oxygen atoms in total. The summed E-state index contributed by atoms with van der Waals surface area (Å²) in [5, 5.41) is 3.91. The summed E-state index contributed by atoms with van der Waals surface area (Å²) in [6, 6.07) is 10.9. The zero-order chi connectivity index (χ0) is 21.5. The Bertz CT molecular complexity index is 1430. The van der Waals surface area contributed by atoms with Crippen LogP contribution in [0.3, 0.4) is 0 Å². The first-order chi connectivity index (χ1) is 15.0. The van der Waals surface area contributed by atoms with Crippen LogP contribution in [-0.4, -0.2) is 19.9 Å². The van der Waals surface area contributed by atoms with Gasteiger partial charge in [-0.3, -0.25) is 0 Å². The Hall–Kier alpha value is -3.94. The topological polar surface area (TPSA) is 66.5 Å². The summed E-state index contributed by atoms with van der Waals surface area (Å²) in [5.74, 6) is -1.78. The van der Waals surface area contributed by atoms with Crippen LogP contribution in [0.15, 0.2) is 61.1 Å². The average Bonchev–Trinajstić information content (AvgIpc) is 3.25. The second-order valence-corrected chi connectivity index (χ2v) is 7.19. The Kier molecular flexibility index (Phi) is 4.54. The molecule has 0 fully saturated rings. The fourth-order valence-electron chi connectivity index (χ4n) is 3.68. The molecule has 3 aromatic heterocycles. The van der Waals surface area contributed by atoms with Crippen LogP contribution < -0.4 is 5.32 Å². The number of rotatable bonds is 4. The highest BCUT2D eigenvalue weighted by Crippen LogP contribution is 2.34. The summed E-state index contributed by atoms with van der Waals surface area (Å²) in [6.07, 6.45) is 3.17. The number of hydrogen-bond donors (Lipinski definition) is 2. The third-order valence-electron chi connectivity index (χ3n) is 5.17. The molecule has 3 heterocycles. The fraction of sp³-hybridized carbons (Fsp3) is 0.0870. The van der Waals surface area contributed by atoms with Gasteiger partial charge in [-0.25, -0.2) is 28.1 Å². The van der Waals surface area contributed by atoms with E-state index in [9.17, 15) is 13.2 Å². The average molecular weight is 419 g/mol. The maximum atomic E-state index is 14.7. The van der Waals surface area contributed by atoms with Crippen LogP contribution in [0.5, 0.6) is 0 Å². The number of hydrogen-bond acceptors (Lipinski definition) is 4. The van der Waals surface area contributed by atoms with Crippen molar-refractivity contribution in [2.24, 2.45) is 0 Å². The monoisotopic (exact) mass is 419 g/mol. The number of halogens is 3. The summed E-state index contributed by atoms with van der Waals surface area (Å²) in [4.78, 5) is 15.8. The van der Waals surface area contributed by atoms with E-state index in [-0.39, 0.29) is 22.8 Å². The number of benzene rings is 2. The van der Waals surface area contributed by atoms with E-state index in [1.807, 2.05) is 6.92 Å². The molecule has 0 aliphatic rings. The van der Waals surface area contributed by atoms with E-state index in [2.05, 4.69) is 25.3 Å². The van der Waals surface area contributed by atoms with Crippen LogP contribution in [0.4, 0.5) is 18.9 Å². The predicted octanol–water partition coefficient (Wildman–Crippen LogP) is 5.76. The number of aromatic amines is 1. The largest absolute Gasteiger partial charge is 0.377 e. The summed E-state index contributed by atoms with van der Waals surface area (Å²) in [6.45, 7) is 1.87. The maximum absolute atomic E-state index is 14.7. The summed E-state index contributed by atoms with van der Waals surface area (Å²) in [5.41, 5.74) is 2.82. The Labute approximate surface area is 175 Å². The zero-order valence-electron chi connectivity index (χ0n) is 16.3. The number of aromatic nitrogens is 4. The second-order valence-electron chi connectivity index (χ2n) is 7.19. The van der Waals surface area contributed by atoms with Crippen molar-refractivity contribution in [1.29, 1.82) is 0 Å². The highest BCUT2D eigenvalue weighted by Gasteiger charge is 2.20. The summed E-state index contributed by atoms with van der Waals surface area (Å²) in [7, 11) is 0. The summed E-state index contributed by atoms with van der Waals surface area (Å²) < 4.78 is 43.0. The van der Waals surface area contributed by atoms with Crippen LogP contribution in [0.25, 0.3) is 33.3 Å². The maximum Gasteiger partial charge on any atom is 0.179 e. The molecule has 0 saturated carbocycles. The van der Waals surface area contributed by atoms with Crippen molar-refractivity contribution in [3.8, 4) is 11.3 Å². The van der Waals surface area contributed by atoms with Crippen molar-refractivity contribution in [3.05, 3.63) is 84.1 Å². The number of nitrogens with one attached hydrogen (secondary N) is 2. The minimum Gasteiger partial charge on any atom is -0.377 e. The molecule has 0 bridgehead atoms. The van der Waals surface area contributed by atoms with Crippen molar-refractivity contribution in [3.63, 3.8) is 0 Å². The molecule has 1 atom stereocenters. The van der Waals surface area contributed by atoms with Gasteiger partial charge in [0.25, 0.3) is 0 Å². The molecule has 0 saturated heterocycles. The van der Waals surface area contributed by atoms with Gasteiger partial charge in [-0.05, 0) is 43.3 Å². The van der Waals surface area contributed by atoms with E-state index in [1.165, 1.54) is 6.07 Å². The SMILES string of the molecule is C[C@H](Nc1ccnc2nc[nH]c12)c1cc2cccc(F)c2nc1-c1cc(F)ccc1F. The van der Waals surface area contributed by atoms with Crippen molar-refractivity contribution in [2.45, 2.75) is 13.0 Å². The molecule has 2 aromatic carbocycles. The number of fused-ring (bicyclic) bond motifs is 2. The van der Waals surface area contributed by atoms with Crippen LogP contribution in [-0.2, 0) is 0 Å². The third-order valence-corrected chi connectivity index (χ3v) is 5.17. The van der Waals surface area contributed by atoms with E-state index < -0.39 is 17.5 Å². The lowest BCUT2D eigenvalue weighted by Gasteiger charge is -2.20. The highest BCUT2D eigenvalue weighted by atomic mass is 19.1. The van der Waals surface area contributed by atoms with E-state index in [0.29, 0.717) is 22.1 Å². The van der Waals surface area contributed by atoms with Gasteiger partial charge in [-0.1, -0.05) is 12.1 Å². The second kappa shape index (κ2) is 7.39. The minimum atomic E-state index is -0.641. The number of para-hydroxylation sites is 1. The number of anilines is 1.